The highest BCUT2D eigenvalue weighted by Crippen LogP contribution is 2.26. The minimum Gasteiger partial charge on any atom is -0.481 e. The first-order valence-electron chi connectivity index (χ1n) is 13.5. The number of ether oxygens (including phenoxy) is 3. The van der Waals surface area contributed by atoms with Crippen LogP contribution in [-0.2, 0) is 48.2 Å². The number of hydrogen-bond donors (Lipinski definition) is 2. The molecule has 13 heteroatoms. The van der Waals surface area contributed by atoms with E-state index in [1.807, 2.05) is 6.07 Å². The van der Waals surface area contributed by atoms with Gasteiger partial charge in [0.15, 0.2) is 0 Å². The van der Waals surface area contributed by atoms with Crippen LogP contribution in [0.4, 0.5) is 9.59 Å². The average molecular weight is 587 g/mol. The number of imidazole rings is 1. The zero-order chi connectivity index (χ0) is 31.2. The highest BCUT2D eigenvalue weighted by Gasteiger charge is 2.41. The number of hydrogen-bond acceptors (Lipinski definition) is 9. The van der Waals surface area contributed by atoms with E-state index in [0.717, 1.165) is 4.90 Å². The Kier molecular flexibility index (Phi) is 9.97. The molecular formula is C29H38N4O9. The van der Waals surface area contributed by atoms with Crippen molar-refractivity contribution in [3.8, 4) is 0 Å². The van der Waals surface area contributed by atoms with Crippen LogP contribution in [0.15, 0.2) is 36.7 Å². The third-order valence-corrected chi connectivity index (χ3v) is 6.03. The summed E-state index contributed by atoms with van der Waals surface area (Å²) in [6.45, 7) is 9.88. The number of aliphatic carboxylic acids is 1. The Balaban J connectivity index is 1.86. The zero-order valence-corrected chi connectivity index (χ0v) is 24.7. The number of fused-ring (bicyclic) bond motifs is 1. The number of rotatable bonds is 8. The monoisotopic (exact) mass is 586 g/mol. The van der Waals surface area contributed by atoms with Gasteiger partial charge in [0.25, 0.3) is 0 Å². The van der Waals surface area contributed by atoms with Crippen LogP contribution < -0.4 is 5.32 Å². The predicted octanol–water partition coefficient (Wildman–Crippen LogP) is 3.42. The Morgan fingerprint density at radius 2 is 1.62 bits per heavy atom. The molecule has 0 saturated carbocycles. The van der Waals surface area contributed by atoms with Crippen molar-refractivity contribution < 1.29 is 43.3 Å². The molecule has 0 saturated heterocycles. The average Bonchev–Trinajstić information content (AvgIpc) is 3.30. The molecule has 1 aliphatic heterocycles. The van der Waals surface area contributed by atoms with Crippen molar-refractivity contribution >= 4 is 30.0 Å². The zero-order valence-electron chi connectivity index (χ0n) is 24.7. The second kappa shape index (κ2) is 13.0. The van der Waals surface area contributed by atoms with Gasteiger partial charge in [0.1, 0.15) is 36.2 Å². The maximum absolute atomic E-state index is 13.6. The molecule has 0 fully saturated rings. The fourth-order valence-electron chi connectivity index (χ4n) is 4.14. The standard InChI is InChI=1S/C29H38N4O9/c1-28(2,3)41-26(38)32-15-22-20(30-17-33(22)27(39)42-29(4,5)6)14-21(32)24(36)31-19(12-13-23(34)35)25(37)40-16-18-10-8-7-9-11-18/h7-11,17,19,21H,12-16H2,1-6H3,(H,31,36)(H,34,35)/t19-,21-/m0/s1. The molecule has 0 bridgehead atoms. The van der Waals surface area contributed by atoms with E-state index < -0.39 is 59.7 Å². The fourth-order valence-corrected chi connectivity index (χ4v) is 4.14. The van der Waals surface area contributed by atoms with E-state index in [1.165, 1.54) is 10.9 Å². The fraction of sp³-hybridized carbons (Fsp3) is 0.517. The molecule has 3 rings (SSSR count). The van der Waals surface area contributed by atoms with Crippen LogP contribution in [0.25, 0.3) is 0 Å². The Morgan fingerprint density at radius 3 is 2.21 bits per heavy atom. The number of carboxylic acid groups (broad SMARTS) is 1. The lowest BCUT2D eigenvalue weighted by Crippen LogP contribution is -2.56. The van der Waals surface area contributed by atoms with Crippen LogP contribution >= 0.6 is 0 Å². The highest BCUT2D eigenvalue weighted by molar-refractivity contribution is 5.90. The number of carbonyl (C=O) groups is 5. The number of carboxylic acids is 1. The van der Waals surface area contributed by atoms with Gasteiger partial charge >= 0.3 is 24.1 Å². The highest BCUT2D eigenvalue weighted by atomic mass is 16.6. The van der Waals surface area contributed by atoms with E-state index in [0.29, 0.717) is 17.0 Å². The van der Waals surface area contributed by atoms with Crippen molar-refractivity contribution in [1.29, 1.82) is 0 Å². The van der Waals surface area contributed by atoms with Gasteiger partial charge in [0.05, 0.1) is 17.9 Å². The van der Waals surface area contributed by atoms with Gasteiger partial charge < -0.3 is 24.6 Å². The number of amides is 2. The quantitative estimate of drug-likeness (QED) is 0.346. The summed E-state index contributed by atoms with van der Waals surface area (Å²) in [6, 6.07) is 6.41. The van der Waals surface area contributed by atoms with Gasteiger partial charge in [-0.3, -0.25) is 14.5 Å². The van der Waals surface area contributed by atoms with Crippen LogP contribution in [0.5, 0.6) is 0 Å². The number of nitrogens with one attached hydrogen (secondary N) is 1. The van der Waals surface area contributed by atoms with Crippen molar-refractivity contribution in [2.75, 3.05) is 0 Å². The normalized spacial score (nSPS) is 15.7. The summed E-state index contributed by atoms with van der Waals surface area (Å²) in [7, 11) is 0. The van der Waals surface area contributed by atoms with Crippen molar-refractivity contribution in [1.82, 2.24) is 19.8 Å². The minimum atomic E-state index is -1.29. The van der Waals surface area contributed by atoms with Crippen LogP contribution in [0.2, 0.25) is 0 Å². The summed E-state index contributed by atoms with van der Waals surface area (Å²) < 4.78 is 17.5. The molecular weight excluding hydrogens is 548 g/mol. The molecule has 1 aliphatic rings. The maximum Gasteiger partial charge on any atom is 0.420 e. The number of nitrogens with zero attached hydrogens (tertiary/aromatic N) is 3. The van der Waals surface area contributed by atoms with Crippen LogP contribution in [0, 0.1) is 0 Å². The number of benzene rings is 1. The van der Waals surface area contributed by atoms with Crippen LogP contribution in [0.1, 0.15) is 71.3 Å². The lowest BCUT2D eigenvalue weighted by atomic mass is 10.0. The minimum absolute atomic E-state index is 0.0714. The third-order valence-electron chi connectivity index (χ3n) is 6.03. The van der Waals surface area contributed by atoms with Gasteiger partial charge in [-0.15, -0.1) is 0 Å². The lowest BCUT2D eigenvalue weighted by molar-refractivity contribution is -0.150. The predicted molar refractivity (Wildman–Crippen MR) is 148 cm³/mol. The van der Waals surface area contributed by atoms with Crippen molar-refractivity contribution in [3.05, 3.63) is 53.6 Å². The van der Waals surface area contributed by atoms with Crippen molar-refractivity contribution in [3.63, 3.8) is 0 Å². The first kappa shape index (κ1) is 32.1. The van der Waals surface area contributed by atoms with Crippen molar-refractivity contribution in [2.45, 2.75) is 97.2 Å². The second-order valence-corrected chi connectivity index (χ2v) is 11.9. The summed E-state index contributed by atoms with van der Waals surface area (Å²) in [4.78, 5) is 69.3. The van der Waals surface area contributed by atoms with Crippen LogP contribution in [-0.4, -0.2) is 72.9 Å². The van der Waals surface area contributed by atoms with Gasteiger partial charge in [-0.25, -0.2) is 23.9 Å². The molecule has 2 amide bonds. The summed E-state index contributed by atoms with van der Waals surface area (Å²) >= 11 is 0. The van der Waals surface area contributed by atoms with Gasteiger partial charge in [0, 0.05) is 12.8 Å². The Hall–Kier alpha value is -4.42. The van der Waals surface area contributed by atoms with E-state index in [-0.39, 0.29) is 26.0 Å². The molecule has 228 valence electrons. The number of esters is 1. The molecule has 0 spiro atoms. The van der Waals surface area contributed by atoms with Gasteiger partial charge in [-0.2, -0.15) is 0 Å². The smallest absolute Gasteiger partial charge is 0.420 e. The van der Waals surface area contributed by atoms with E-state index >= 15 is 0 Å². The maximum atomic E-state index is 13.6. The van der Waals surface area contributed by atoms with Gasteiger partial charge in [-0.05, 0) is 53.5 Å². The molecule has 2 heterocycles. The van der Waals surface area contributed by atoms with Crippen LogP contribution in [0.3, 0.4) is 0 Å². The first-order valence-corrected chi connectivity index (χ1v) is 13.5. The molecule has 2 N–H and O–H groups in total. The van der Waals surface area contributed by atoms with Crippen molar-refractivity contribution in [2.24, 2.45) is 0 Å². The van der Waals surface area contributed by atoms with Gasteiger partial charge in [-0.1, -0.05) is 30.3 Å². The van der Waals surface area contributed by atoms with E-state index in [4.69, 9.17) is 14.2 Å². The molecule has 2 aromatic rings. The van der Waals surface area contributed by atoms with E-state index in [2.05, 4.69) is 10.3 Å². The molecule has 0 aliphatic carbocycles. The molecule has 2 atom stereocenters. The van der Waals surface area contributed by atoms with E-state index in [9.17, 15) is 29.1 Å². The van der Waals surface area contributed by atoms with Gasteiger partial charge in [0.2, 0.25) is 5.91 Å². The summed E-state index contributed by atoms with van der Waals surface area (Å²) in [5.41, 5.74) is -0.227. The first-order chi connectivity index (χ1) is 19.5. The lowest BCUT2D eigenvalue weighted by Gasteiger charge is -2.36. The summed E-state index contributed by atoms with van der Waals surface area (Å²) in [5, 5.41) is 11.8. The Labute approximate surface area is 244 Å². The summed E-state index contributed by atoms with van der Waals surface area (Å²) in [5.74, 6) is -2.70. The Bertz CT molecular complexity index is 1310. The largest absolute Gasteiger partial charge is 0.481 e. The molecule has 0 radical (unpaired) electrons. The summed E-state index contributed by atoms with van der Waals surface area (Å²) in [6.07, 6.45) is -0.982. The Morgan fingerprint density at radius 1 is 1.00 bits per heavy atom. The third kappa shape index (κ3) is 9.05. The molecule has 1 aromatic carbocycles. The SMILES string of the molecule is CC(C)(C)OC(=O)N1Cc2c(ncn2C(=O)OC(C)(C)C)C[C@H]1C(=O)N[C@@H](CCC(=O)O)C(=O)OCc1ccccc1. The molecule has 13 nitrogen and oxygen atoms in total. The molecule has 42 heavy (non-hydrogen) atoms. The second-order valence-electron chi connectivity index (χ2n) is 11.9. The molecule has 0 unspecified atom stereocenters. The number of carbonyl (C=O) groups excluding carboxylic acids is 4. The van der Waals surface area contributed by atoms with E-state index in [1.54, 1.807) is 65.8 Å². The number of aromatic nitrogens is 2. The topological polar surface area (TPSA) is 166 Å². The molecule has 1 aromatic heterocycles.